The third-order valence-corrected chi connectivity index (χ3v) is 2.89. The predicted octanol–water partition coefficient (Wildman–Crippen LogP) is 0.880. The highest BCUT2D eigenvalue weighted by molar-refractivity contribution is 7.91. The van der Waals surface area contributed by atoms with Crippen molar-refractivity contribution in [1.82, 2.24) is 0 Å². The molecule has 0 aliphatic rings. The second kappa shape index (κ2) is 3.85. The summed E-state index contributed by atoms with van der Waals surface area (Å²) >= 11 is 0. The summed E-state index contributed by atoms with van der Waals surface area (Å²) in [6.45, 7) is -0.157. The van der Waals surface area contributed by atoms with Gasteiger partial charge in [0.05, 0.1) is 11.5 Å². The van der Waals surface area contributed by atoms with Crippen LogP contribution in [-0.2, 0) is 16.4 Å². The Morgan fingerprint density at radius 3 is 2.15 bits per heavy atom. The first-order valence-corrected chi connectivity index (χ1v) is 5.24. The van der Waals surface area contributed by atoms with Crippen LogP contribution in [0.25, 0.3) is 0 Å². The fourth-order valence-electron chi connectivity index (χ4n) is 0.865. The number of benzene rings is 1. The van der Waals surface area contributed by atoms with Gasteiger partial charge in [0, 0.05) is 0 Å². The Bertz CT molecular complexity index is 369. The highest BCUT2D eigenvalue weighted by Crippen LogP contribution is 2.12. The molecule has 0 unspecified atom stereocenters. The second-order valence-electron chi connectivity index (χ2n) is 2.53. The summed E-state index contributed by atoms with van der Waals surface area (Å²) in [4.78, 5) is -0.0628. The summed E-state index contributed by atoms with van der Waals surface area (Å²) in [5.41, 5.74) is 0.595. The van der Waals surface area contributed by atoms with E-state index in [9.17, 15) is 12.8 Å². The van der Waals surface area contributed by atoms with Crippen LogP contribution in [0.2, 0.25) is 0 Å². The largest absolute Gasteiger partial charge is 0.392 e. The molecule has 3 nitrogen and oxygen atoms in total. The van der Waals surface area contributed by atoms with Gasteiger partial charge >= 0.3 is 0 Å². The summed E-state index contributed by atoms with van der Waals surface area (Å²) < 4.78 is 33.9. The Kier molecular flexibility index (Phi) is 3.00. The summed E-state index contributed by atoms with van der Waals surface area (Å²) in [5, 5.41) is 8.66. The Morgan fingerprint density at radius 2 is 1.77 bits per heavy atom. The lowest BCUT2D eigenvalue weighted by Crippen LogP contribution is -2.02. The molecule has 1 rings (SSSR count). The molecule has 0 atom stereocenters. The molecule has 1 aromatic carbocycles. The molecule has 0 bridgehead atoms. The second-order valence-corrected chi connectivity index (χ2v) is 4.45. The van der Waals surface area contributed by atoms with Crippen LogP contribution < -0.4 is 0 Å². The molecule has 0 amide bonds. The molecule has 5 heteroatoms. The van der Waals surface area contributed by atoms with Gasteiger partial charge in [-0.1, -0.05) is 12.1 Å². The molecule has 0 saturated carbocycles. The van der Waals surface area contributed by atoms with Crippen molar-refractivity contribution in [2.45, 2.75) is 11.5 Å². The van der Waals surface area contributed by atoms with Crippen LogP contribution in [0.5, 0.6) is 0 Å². The topological polar surface area (TPSA) is 54.4 Å². The Labute approximate surface area is 75.7 Å². The first-order chi connectivity index (χ1) is 6.10. The summed E-state index contributed by atoms with van der Waals surface area (Å²) in [5.74, 6) is 0. The monoisotopic (exact) mass is 204 g/mol. The van der Waals surface area contributed by atoms with Crippen molar-refractivity contribution in [2.24, 2.45) is 0 Å². The van der Waals surface area contributed by atoms with Gasteiger partial charge in [-0.25, -0.2) is 12.8 Å². The molecular weight excluding hydrogens is 195 g/mol. The first-order valence-electron chi connectivity index (χ1n) is 3.58. The lowest BCUT2D eigenvalue weighted by Gasteiger charge is -2.00. The van der Waals surface area contributed by atoms with Gasteiger partial charge in [0.15, 0.2) is 6.01 Å². The smallest absolute Gasteiger partial charge is 0.207 e. The van der Waals surface area contributed by atoms with Crippen molar-refractivity contribution in [1.29, 1.82) is 0 Å². The molecule has 0 saturated heterocycles. The number of sulfone groups is 1. The van der Waals surface area contributed by atoms with Gasteiger partial charge in [0.25, 0.3) is 0 Å². The maximum atomic E-state index is 12.0. The summed E-state index contributed by atoms with van der Waals surface area (Å²) in [6, 6.07) is 4.05. The third kappa shape index (κ3) is 2.26. The van der Waals surface area contributed by atoms with Crippen LogP contribution in [0, 0.1) is 0 Å². The average molecular weight is 204 g/mol. The Morgan fingerprint density at radius 1 is 1.23 bits per heavy atom. The van der Waals surface area contributed by atoms with Gasteiger partial charge in [0.1, 0.15) is 0 Å². The minimum atomic E-state index is -3.77. The standard InChI is InChI=1S/C8H9FO3S/c9-6-13(11,12)8-3-1-7(5-10)2-4-8/h1-4,10H,5-6H2. The zero-order valence-corrected chi connectivity index (χ0v) is 7.59. The van der Waals surface area contributed by atoms with Crippen LogP contribution in [0.3, 0.4) is 0 Å². The fourth-order valence-corrected chi connectivity index (χ4v) is 1.54. The molecule has 1 aromatic rings. The van der Waals surface area contributed by atoms with Gasteiger partial charge < -0.3 is 5.11 Å². The average Bonchev–Trinajstić information content (AvgIpc) is 2.18. The van der Waals surface area contributed by atoms with Crippen molar-refractivity contribution in [3.63, 3.8) is 0 Å². The number of alkyl halides is 1. The van der Waals surface area contributed by atoms with E-state index in [1.165, 1.54) is 24.3 Å². The van der Waals surface area contributed by atoms with Crippen molar-refractivity contribution in [3.8, 4) is 0 Å². The molecule has 0 heterocycles. The summed E-state index contributed by atoms with van der Waals surface area (Å²) in [7, 11) is -3.77. The predicted molar refractivity (Wildman–Crippen MR) is 45.5 cm³/mol. The number of halogens is 1. The third-order valence-electron chi connectivity index (χ3n) is 1.61. The Balaban J connectivity index is 3.06. The molecule has 0 aliphatic heterocycles. The molecule has 13 heavy (non-hydrogen) atoms. The lowest BCUT2D eigenvalue weighted by molar-refractivity contribution is 0.282. The number of aliphatic hydroxyl groups is 1. The van der Waals surface area contributed by atoms with Crippen LogP contribution in [0.1, 0.15) is 5.56 Å². The van der Waals surface area contributed by atoms with Gasteiger partial charge in [-0.15, -0.1) is 0 Å². The van der Waals surface area contributed by atoms with Crippen molar-refractivity contribution >= 4 is 9.84 Å². The zero-order chi connectivity index (χ0) is 9.90. The lowest BCUT2D eigenvalue weighted by atomic mass is 10.2. The van der Waals surface area contributed by atoms with E-state index in [1.807, 2.05) is 0 Å². The molecule has 72 valence electrons. The maximum Gasteiger partial charge on any atom is 0.207 e. The van der Waals surface area contributed by atoms with Crippen molar-refractivity contribution in [2.75, 3.05) is 6.01 Å². The molecule has 1 N–H and O–H groups in total. The van der Waals surface area contributed by atoms with E-state index >= 15 is 0 Å². The number of hydrogen-bond donors (Lipinski definition) is 1. The van der Waals surface area contributed by atoms with E-state index in [2.05, 4.69) is 0 Å². The van der Waals surface area contributed by atoms with E-state index in [0.29, 0.717) is 5.56 Å². The molecule has 0 fully saturated rings. The van der Waals surface area contributed by atoms with Crippen molar-refractivity contribution < 1.29 is 17.9 Å². The fraction of sp³-hybridized carbons (Fsp3) is 0.250. The van der Waals surface area contributed by atoms with Gasteiger partial charge in [-0.05, 0) is 17.7 Å². The van der Waals surface area contributed by atoms with Crippen LogP contribution in [0.4, 0.5) is 4.39 Å². The Hall–Kier alpha value is -0.940. The van der Waals surface area contributed by atoms with Gasteiger partial charge in [-0.3, -0.25) is 0 Å². The minimum absolute atomic E-state index is 0.0628. The van der Waals surface area contributed by atoms with Crippen LogP contribution in [-0.4, -0.2) is 19.5 Å². The highest BCUT2D eigenvalue weighted by atomic mass is 32.2. The van der Waals surface area contributed by atoms with E-state index < -0.39 is 15.8 Å². The normalized spacial score (nSPS) is 11.5. The van der Waals surface area contributed by atoms with Crippen LogP contribution >= 0.6 is 0 Å². The summed E-state index contributed by atoms with van der Waals surface area (Å²) in [6.07, 6.45) is 0. The van der Waals surface area contributed by atoms with Crippen LogP contribution in [0.15, 0.2) is 29.2 Å². The first kappa shape index (κ1) is 10.1. The SMILES string of the molecule is O=S(=O)(CF)c1ccc(CO)cc1. The molecule has 0 spiro atoms. The van der Waals surface area contributed by atoms with E-state index in [1.54, 1.807) is 0 Å². The highest BCUT2D eigenvalue weighted by Gasteiger charge is 2.12. The number of rotatable bonds is 3. The van der Waals surface area contributed by atoms with E-state index in [0.717, 1.165) is 0 Å². The molecular formula is C8H9FO3S. The number of aliphatic hydroxyl groups excluding tert-OH is 1. The zero-order valence-electron chi connectivity index (χ0n) is 6.77. The van der Waals surface area contributed by atoms with E-state index in [4.69, 9.17) is 5.11 Å². The quantitative estimate of drug-likeness (QED) is 0.795. The van der Waals surface area contributed by atoms with E-state index in [-0.39, 0.29) is 11.5 Å². The number of hydrogen-bond acceptors (Lipinski definition) is 3. The minimum Gasteiger partial charge on any atom is -0.392 e. The van der Waals surface area contributed by atoms with Crippen molar-refractivity contribution in [3.05, 3.63) is 29.8 Å². The van der Waals surface area contributed by atoms with Gasteiger partial charge in [0.2, 0.25) is 9.84 Å². The molecule has 0 aromatic heterocycles. The molecule has 0 radical (unpaired) electrons. The van der Waals surface area contributed by atoms with Gasteiger partial charge in [-0.2, -0.15) is 0 Å². The molecule has 0 aliphatic carbocycles. The maximum absolute atomic E-state index is 12.0.